The quantitative estimate of drug-likeness (QED) is 0.901. The van der Waals surface area contributed by atoms with Crippen LogP contribution in [0.4, 0.5) is 0 Å². The third-order valence-corrected chi connectivity index (χ3v) is 5.46. The lowest BCUT2D eigenvalue weighted by molar-refractivity contribution is 0.242. The van der Waals surface area contributed by atoms with Gasteiger partial charge in [0.05, 0.1) is 10.9 Å². The van der Waals surface area contributed by atoms with Crippen molar-refractivity contribution < 1.29 is 13.2 Å². The average molecular weight is 285 g/mol. The molecule has 0 heterocycles. The van der Waals surface area contributed by atoms with Crippen molar-refractivity contribution in [3.8, 4) is 5.75 Å². The van der Waals surface area contributed by atoms with Crippen molar-refractivity contribution in [1.82, 2.24) is 0 Å². The molecule has 0 radical (unpaired) electrons. The molecule has 108 valence electrons. The Morgan fingerprint density at radius 2 is 1.84 bits per heavy atom. The fourth-order valence-corrected chi connectivity index (χ4v) is 2.28. The Balaban J connectivity index is 3.10. The van der Waals surface area contributed by atoms with E-state index in [1.165, 1.54) is 6.26 Å². The fourth-order valence-electron chi connectivity index (χ4n) is 1.69. The first kappa shape index (κ1) is 16.0. The lowest BCUT2D eigenvalue weighted by Crippen LogP contribution is -2.42. The first-order valence-corrected chi connectivity index (χ1v) is 8.16. The molecule has 0 aliphatic heterocycles. The topological polar surface area (TPSA) is 69.4 Å². The Morgan fingerprint density at radius 3 is 2.32 bits per heavy atom. The molecule has 1 aromatic carbocycles. The minimum Gasteiger partial charge on any atom is -0.491 e. The zero-order valence-corrected chi connectivity index (χ0v) is 13.0. The highest BCUT2D eigenvalue weighted by Crippen LogP contribution is 2.31. The van der Waals surface area contributed by atoms with Crippen LogP contribution >= 0.6 is 0 Å². The summed E-state index contributed by atoms with van der Waals surface area (Å²) in [5, 5.41) is 0. The summed E-state index contributed by atoms with van der Waals surface area (Å²) in [6.07, 6.45) is 1.27. The van der Waals surface area contributed by atoms with Gasteiger partial charge in [-0.25, -0.2) is 8.42 Å². The third-order valence-electron chi connectivity index (χ3n) is 3.29. The van der Waals surface area contributed by atoms with Gasteiger partial charge in [0.1, 0.15) is 5.75 Å². The van der Waals surface area contributed by atoms with E-state index in [4.69, 9.17) is 10.5 Å². The summed E-state index contributed by atoms with van der Waals surface area (Å²) >= 11 is 0. The van der Waals surface area contributed by atoms with Crippen LogP contribution in [0.2, 0.25) is 0 Å². The molecule has 1 atom stereocenters. The number of hydrogen-bond donors (Lipinski definition) is 1. The van der Waals surface area contributed by atoms with Crippen molar-refractivity contribution in [3.05, 3.63) is 29.8 Å². The SMILES string of the molecule is CC(C)Oc1cccc(C(N)C(C)(C)S(C)(=O)=O)c1. The summed E-state index contributed by atoms with van der Waals surface area (Å²) in [6.45, 7) is 7.16. The first-order valence-electron chi connectivity index (χ1n) is 6.27. The van der Waals surface area contributed by atoms with Gasteiger partial charge in [0, 0.05) is 12.3 Å². The van der Waals surface area contributed by atoms with E-state index in [0.717, 1.165) is 5.56 Å². The Labute approximate surface area is 115 Å². The number of hydrogen-bond acceptors (Lipinski definition) is 4. The summed E-state index contributed by atoms with van der Waals surface area (Å²) in [5.74, 6) is 0.701. The lowest BCUT2D eigenvalue weighted by atomic mass is 9.96. The number of benzene rings is 1. The molecular formula is C14H23NO3S. The zero-order chi connectivity index (χ0) is 14.8. The Morgan fingerprint density at radius 1 is 1.26 bits per heavy atom. The van der Waals surface area contributed by atoms with Gasteiger partial charge in [-0.2, -0.15) is 0 Å². The van der Waals surface area contributed by atoms with Gasteiger partial charge < -0.3 is 10.5 Å². The number of sulfone groups is 1. The minimum absolute atomic E-state index is 0.0643. The van der Waals surface area contributed by atoms with Crippen LogP contribution < -0.4 is 10.5 Å². The molecule has 0 amide bonds. The maximum atomic E-state index is 11.8. The maximum Gasteiger partial charge on any atom is 0.154 e. The molecule has 0 fully saturated rings. The van der Waals surface area contributed by atoms with E-state index in [0.29, 0.717) is 5.75 Å². The Kier molecular flexibility index (Phi) is 4.63. The fraction of sp³-hybridized carbons (Fsp3) is 0.571. The largest absolute Gasteiger partial charge is 0.491 e. The van der Waals surface area contributed by atoms with E-state index in [1.807, 2.05) is 32.0 Å². The molecule has 4 nitrogen and oxygen atoms in total. The summed E-state index contributed by atoms with van der Waals surface area (Å²) in [7, 11) is -3.25. The summed E-state index contributed by atoms with van der Waals surface area (Å²) in [5.41, 5.74) is 6.88. The van der Waals surface area contributed by atoms with Crippen LogP contribution in [0.15, 0.2) is 24.3 Å². The number of rotatable bonds is 5. The predicted molar refractivity (Wildman–Crippen MR) is 78.1 cm³/mol. The van der Waals surface area contributed by atoms with Gasteiger partial charge in [-0.3, -0.25) is 0 Å². The molecular weight excluding hydrogens is 262 g/mol. The molecule has 1 unspecified atom stereocenters. The van der Waals surface area contributed by atoms with Crippen LogP contribution in [0.25, 0.3) is 0 Å². The van der Waals surface area contributed by atoms with Gasteiger partial charge in [-0.15, -0.1) is 0 Å². The van der Waals surface area contributed by atoms with Gasteiger partial charge in [-0.1, -0.05) is 12.1 Å². The standard InChI is InChI=1S/C14H23NO3S/c1-10(2)18-12-8-6-7-11(9-12)13(15)14(3,4)19(5,16)17/h6-10,13H,15H2,1-5H3. The van der Waals surface area contributed by atoms with E-state index in [-0.39, 0.29) is 6.10 Å². The summed E-state index contributed by atoms with van der Waals surface area (Å²) in [4.78, 5) is 0. The van der Waals surface area contributed by atoms with E-state index in [1.54, 1.807) is 19.9 Å². The highest BCUT2D eigenvalue weighted by molar-refractivity contribution is 7.92. The molecule has 19 heavy (non-hydrogen) atoms. The van der Waals surface area contributed by atoms with Crippen LogP contribution in [-0.2, 0) is 9.84 Å². The summed E-state index contributed by atoms with van der Waals surface area (Å²) < 4.78 is 28.2. The molecule has 0 spiro atoms. The van der Waals surface area contributed by atoms with Crippen molar-refractivity contribution >= 4 is 9.84 Å². The third kappa shape index (κ3) is 3.70. The maximum absolute atomic E-state index is 11.8. The zero-order valence-electron chi connectivity index (χ0n) is 12.2. The number of ether oxygens (including phenoxy) is 1. The highest BCUT2D eigenvalue weighted by Gasteiger charge is 2.37. The van der Waals surface area contributed by atoms with Crippen LogP contribution in [0.3, 0.4) is 0 Å². The number of nitrogens with two attached hydrogens (primary N) is 1. The molecule has 0 aliphatic carbocycles. The monoisotopic (exact) mass is 285 g/mol. The van der Waals surface area contributed by atoms with Crippen molar-refractivity contribution in [1.29, 1.82) is 0 Å². The van der Waals surface area contributed by atoms with Crippen molar-refractivity contribution in [2.75, 3.05) is 6.26 Å². The molecule has 0 bridgehead atoms. The van der Waals surface area contributed by atoms with E-state index < -0.39 is 20.6 Å². The molecule has 1 rings (SSSR count). The van der Waals surface area contributed by atoms with Crippen molar-refractivity contribution in [2.24, 2.45) is 5.73 Å². The second kappa shape index (κ2) is 5.51. The Hall–Kier alpha value is -1.07. The molecule has 0 saturated carbocycles. The normalized spacial score (nSPS) is 14.5. The van der Waals surface area contributed by atoms with Crippen LogP contribution in [0.5, 0.6) is 5.75 Å². The van der Waals surface area contributed by atoms with Gasteiger partial charge in [-0.05, 0) is 45.4 Å². The molecule has 1 aromatic rings. The van der Waals surface area contributed by atoms with Crippen molar-refractivity contribution in [3.63, 3.8) is 0 Å². The van der Waals surface area contributed by atoms with Crippen molar-refractivity contribution in [2.45, 2.75) is 44.6 Å². The highest BCUT2D eigenvalue weighted by atomic mass is 32.2. The van der Waals surface area contributed by atoms with E-state index in [2.05, 4.69) is 0 Å². The van der Waals surface area contributed by atoms with Gasteiger partial charge in [0.2, 0.25) is 0 Å². The summed E-state index contributed by atoms with van der Waals surface area (Å²) in [6, 6.07) is 6.69. The predicted octanol–water partition coefficient (Wildman–Crippen LogP) is 2.30. The van der Waals surface area contributed by atoms with Gasteiger partial charge in [0.25, 0.3) is 0 Å². The smallest absolute Gasteiger partial charge is 0.154 e. The second-order valence-electron chi connectivity index (χ2n) is 5.59. The van der Waals surface area contributed by atoms with E-state index >= 15 is 0 Å². The van der Waals surface area contributed by atoms with Crippen LogP contribution in [0.1, 0.15) is 39.3 Å². The second-order valence-corrected chi connectivity index (χ2v) is 8.19. The minimum atomic E-state index is -3.25. The average Bonchev–Trinajstić information content (AvgIpc) is 2.25. The van der Waals surface area contributed by atoms with E-state index in [9.17, 15) is 8.42 Å². The molecule has 5 heteroatoms. The van der Waals surface area contributed by atoms with Gasteiger partial charge in [0.15, 0.2) is 9.84 Å². The molecule has 0 aliphatic rings. The molecule has 2 N–H and O–H groups in total. The lowest BCUT2D eigenvalue weighted by Gasteiger charge is -2.30. The van der Waals surface area contributed by atoms with Crippen LogP contribution in [0, 0.1) is 0 Å². The van der Waals surface area contributed by atoms with Crippen LogP contribution in [-0.4, -0.2) is 25.5 Å². The Bertz CT molecular complexity index is 535. The van der Waals surface area contributed by atoms with Gasteiger partial charge >= 0.3 is 0 Å². The first-order chi connectivity index (χ1) is 8.55. The molecule has 0 aromatic heterocycles. The molecule has 0 saturated heterocycles.